The van der Waals surface area contributed by atoms with Gasteiger partial charge in [0.1, 0.15) is 0 Å². The Morgan fingerprint density at radius 2 is 2.09 bits per heavy atom. The summed E-state index contributed by atoms with van der Waals surface area (Å²) in [6, 6.07) is 7.60. The van der Waals surface area contributed by atoms with Gasteiger partial charge in [0.05, 0.1) is 11.5 Å². The highest BCUT2D eigenvalue weighted by atomic mass is 16.5. The maximum Gasteiger partial charge on any atom is 0.240 e. The number of hydrogen-bond acceptors (Lipinski definition) is 5. The Balaban J connectivity index is 1.89. The highest BCUT2D eigenvalue weighted by Crippen LogP contribution is 2.42. The maximum atomic E-state index is 13.7. The second kappa shape index (κ2) is 11.1. The Labute approximate surface area is 191 Å². The SMILES string of the molecule is CCCN(C[C@H]1CCCO1)C(=O)C[C@@]1(c2ccccc2C)CC(=O)N(CCCOC)C1=O. The lowest BCUT2D eigenvalue weighted by molar-refractivity contribution is -0.143. The minimum absolute atomic E-state index is 0.00404. The van der Waals surface area contributed by atoms with Crippen LogP contribution < -0.4 is 0 Å². The van der Waals surface area contributed by atoms with Gasteiger partial charge >= 0.3 is 0 Å². The van der Waals surface area contributed by atoms with Crippen molar-refractivity contribution < 1.29 is 23.9 Å². The molecule has 2 heterocycles. The highest BCUT2D eigenvalue weighted by molar-refractivity contribution is 6.11. The molecule has 2 aliphatic rings. The van der Waals surface area contributed by atoms with E-state index < -0.39 is 5.41 Å². The van der Waals surface area contributed by atoms with E-state index in [0.717, 1.165) is 37.0 Å². The largest absolute Gasteiger partial charge is 0.385 e. The van der Waals surface area contributed by atoms with Gasteiger partial charge in [0.15, 0.2) is 0 Å². The standard InChI is InChI=1S/C25H36N2O5/c1-4-12-26(18-20-10-7-15-32-20)22(28)16-25(21-11-6-5-9-19(21)2)17-23(29)27(24(25)30)13-8-14-31-3/h5-6,9,11,20H,4,7-8,10,12-18H2,1-3H3/t20-,25+/m1/s1. The molecular formula is C25H36N2O5. The Morgan fingerprint density at radius 1 is 1.31 bits per heavy atom. The average Bonchev–Trinajstić information content (AvgIpc) is 3.36. The molecule has 3 rings (SSSR count). The second-order valence-electron chi connectivity index (χ2n) is 8.92. The summed E-state index contributed by atoms with van der Waals surface area (Å²) in [4.78, 5) is 43.4. The van der Waals surface area contributed by atoms with Gasteiger partial charge in [-0.15, -0.1) is 0 Å². The molecular weight excluding hydrogens is 408 g/mol. The topological polar surface area (TPSA) is 76.2 Å². The number of imide groups is 1. The van der Waals surface area contributed by atoms with Crippen molar-refractivity contribution in [2.45, 2.75) is 63.9 Å². The molecule has 7 heteroatoms. The van der Waals surface area contributed by atoms with Crippen molar-refractivity contribution in [3.63, 3.8) is 0 Å². The molecule has 32 heavy (non-hydrogen) atoms. The zero-order valence-electron chi connectivity index (χ0n) is 19.6. The molecule has 0 saturated carbocycles. The number of likely N-dealkylation sites (tertiary alicyclic amines) is 1. The van der Waals surface area contributed by atoms with Gasteiger partial charge in [-0.1, -0.05) is 31.2 Å². The van der Waals surface area contributed by atoms with E-state index in [2.05, 4.69) is 0 Å². The molecule has 2 fully saturated rings. The maximum absolute atomic E-state index is 13.7. The first-order valence-electron chi connectivity index (χ1n) is 11.7. The van der Waals surface area contributed by atoms with Crippen LogP contribution in [-0.4, -0.2) is 73.6 Å². The monoisotopic (exact) mass is 444 g/mol. The third kappa shape index (κ3) is 5.21. The average molecular weight is 445 g/mol. The summed E-state index contributed by atoms with van der Waals surface area (Å²) < 4.78 is 10.8. The Kier molecular flexibility index (Phi) is 8.43. The van der Waals surface area contributed by atoms with Crippen LogP contribution in [-0.2, 0) is 29.3 Å². The minimum atomic E-state index is -1.16. The number of benzene rings is 1. The summed E-state index contributed by atoms with van der Waals surface area (Å²) in [6.45, 7) is 6.63. The lowest BCUT2D eigenvalue weighted by Crippen LogP contribution is -2.45. The predicted octanol–water partition coefficient (Wildman–Crippen LogP) is 2.84. The van der Waals surface area contributed by atoms with E-state index in [9.17, 15) is 14.4 Å². The molecule has 176 valence electrons. The van der Waals surface area contributed by atoms with Gasteiger partial charge in [0.25, 0.3) is 0 Å². The highest BCUT2D eigenvalue weighted by Gasteiger charge is 2.54. The fourth-order valence-electron chi connectivity index (χ4n) is 4.94. The summed E-state index contributed by atoms with van der Waals surface area (Å²) in [5.41, 5.74) is 0.533. The number of carbonyl (C=O) groups is 3. The van der Waals surface area contributed by atoms with Gasteiger partial charge in [-0.3, -0.25) is 19.3 Å². The number of nitrogens with zero attached hydrogens (tertiary/aromatic N) is 2. The number of carbonyl (C=O) groups excluding carboxylic acids is 3. The van der Waals surface area contributed by atoms with Crippen LogP contribution in [0.5, 0.6) is 0 Å². The first-order valence-corrected chi connectivity index (χ1v) is 11.7. The molecule has 1 aromatic carbocycles. The molecule has 2 saturated heterocycles. The molecule has 0 unspecified atom stereocenters. The van der Waals surface area contributed by atoms with Crippen molar-refractivity contribution in [2.75, 3.05) is 40.0 Å². The van der Waals surface area contributed by atoms with E-state index in [1.54, 1.807) is 7.11 Å². The molecule has 2 aliphatic heterocycles. The third-order valence-corrected chi connectivity index (χ3v) is 6.55. The van der Waals surface area contributed by atoms with E-state index >= 15 is 0 Å². The van der Waals surface area contributed by atoms with E-state index in [-0.39, 0.29) is 36.7 Å². The van der Waals surface area contributed by atoms with Crippen LogP contribution in [0.3, 0.4) is 0 Å². The minimum Gasteiger partial charge on any atom is -0.385 e. The molecule has 2 atom stereocenters. The number of amides is 3. The van der Waals surface area contributed by atoms with E-state index in [4.69, 9.17) is 9.47 Å². The molecule has 0 spiro atoms. The number of hydrogen-bond donors (Lipinski definition) is 0. The van der Waals surface area contributed by atoms with Crippen LogP contribution >= 0.6 is 0 Å². The fourth-order valence-corrected chi connectivity index (χ4v) is 4.94. The lowest BCUT2D eigenvalue weighted by atomic mass is 9.74. The first-order chi connectivity index (χ1) is 15.4. The van der Waals surface area contributed by atoms with E-state index in [1.165, 1.54) is 4.90 Å². The summed E-state index contributed by atoms with van der Waals surface area (Å²) in [5, 5.41) is 0. The summed E-state index contributed by atoms with van der Waals surface area (Å²) in [5.74, 6) is -0.580. The lowest BCUT2D eigenvalue weighted by Gasteiger charge is -2.32. The van der Waals surface area contributed by atoms with Crippen molar-refractivity contribution >= 4 is 17.7 Å². The van der Waals surface area contributed by atoms with Crippen LogP contribution in [0.2, 0.25) is 0 Å². The summed E-state index contributed by atoms with van der Waals surface area (Å²) in [6.07, 6.45) is 3.42. The van der Waals surface area contributed by atoms with Crippen molar-refractivity contribution in [3.05, 3.63) is 35.4 Å². The molecule has 7 nitrogen and oxygen atoms in total. The zero-order valence-corrected chi connectivity index (χ0v) is 19.6. The number of methoxy groups -OCH3 is 1. The van der Waals surface area contributed by atoms with Crippen LogP contribution in [0, 0.1) is 6.92 Å². The van der Waals surface area contributed by atoms with Crippen LogP contribution in [0.1, 0.15) is 56.6 Å². The summed E-state index contributed by atoms with van der Waals surface area (Å²) in [7, 11) is 1.60. The van der Waals surface area contributed by atoms with Crippen LogP contribution in [0.15, 0.2) is 24.3 Å². The van der Waals surface area contributed by atoms with Crippen molar-refractivity contribution in [1.82, 2.24) is 9.80 Å². The van der Waals surface area contributed by atoms with E-state index in [0.29, 0.717) is 32.7 Å². The molecule has 3 amide bonds. The van der Waals surface area contributed by atoms with Gasteiger partial charge < -0.3 is 14.4 Å². The van der Waals surface area contributed by atoms with Crippen LogP contribution in [0.25, 0.3) is 0 Å². The number of aryl methyl sites for hydroxylation is 1. The molecule has 0 aliphatic carbocycles. The van der Waals surface area contributed by atoms with Crippen molar-refractivity contribution in [3.8, 4) is 0 Å². The quantitative estimate of drug-likeness (QED) is 0.388. The smallest absolute Gasteiger partial charge is 0.240 e. The van der Waals surface area contributed by atoms with Gasteiger partial charge in [0.2, 0.25) is 17.7 Å². The first kappa shape index (κ1) is 24.4. The summed E-state index contributed by atoms with van der Waals surface area (Å²) >= 11 is 0. The number of ether oxygens (including phenoxy) is 2. The fraction of sp³-hybridized carbons (Fsp3) is 0.640. The van der Waals surface area contributed by atoms with E-state index in [1.807, 2.05) is 43.0 Å². The van der Waals surface area contributed by atoms with Crippen LogP contribution in [0.4, 0.5) is 0 Å². The molecule has 0 N–H and O–H groups in total. The second-order valence-corrected chi connectivity index (χ2v) is 8.92. The van der Waals surface area contributed by atoms with Gasteiger partial charge in [-0.05, 0) is 43.7 Å². The molecule has 0 bridgehead atoms. The Hall–Kier alpha value is -2.25. The third-order valence-electron chi connectivity index (χ3n) is 6.55. The predicted molar refractivity (Wildman–Crippen MR) is 121 cm³/mol. The van der Waals surface area contributed by atoms with Gasteiger partial charge in [-0.25, -0.2) is 0 Å². The normalized spacial score (nSPS) is 23.2. The molecule has 0 radical (unpaired) electrons. The Bertz CT molecular complexity index is 820. The number of rotatable bonds is 11. The van der Waals surface area contributed by atoms with Gasteiger partial charge in [-0.2, -0.15) is 0 Å². The van der Waals surface area contributed by atoms with Crippen molar-refractivity contribution in [1.29, 1.82) is 0 Å². The van der Waals surface area contributed by atoms with Crippen molar-refractivity contribution in [2.24, 2.45) is 0 Å². The molecule has 1 aromatic rings. The molecule has 0 aromatic heterocycles. The Morgan fingerprint density at radius 3 is 2.75 bits per heavy atom. The zero-order chi connectivity index (χ0) is 23.1. The van der Waals surface area contributed by atoms with Gasteiger partial charge in [0, 0.05) is 52.8 Å².